The van der Waals surface area contributed by atoms with Crippen LogP contribution in [-0.2, 0) is 4.79 Å². The van der Waals surface area contributed by atoms with Gasteiger partial charge < -0.3 is 21.3 Å². The summed E-state index contributed by atoms with van der Waals surface area (Å²) in [5.74, 6) is -0.373. The van der Waals surface area contributed by atoms with Gasteiger partial charge in [0.25, 0.3) is 5.91 Å². The number of hydrogen-bond donors (Lipinski definition) is 4. The van der Waals surface area contributed by atoms with Gasteiger partial charge in [0.2, 0.25) is 5.91 Å². The van der Waals surface area contributed by atoms with E-state index in [-0.39, 0.29) is 23.8 Å². The van der Waals surface area contributed by atoms with Crippen LogP contribution in [0.2, 0.25) is 0 Å². The van der Waals surface area contributed by atoms with Crippen LogP contribution in [0.1, 0.15) is 24.2 Å². The van der Waals surface area contributed by atoms with Crippen LogP contribution >= 0.6 is 0 Å². The fourth-order valence-corrected chi connectivity index (χ4v) is 2.19. The fourth-order valence-electron chi connectivity index (χ4n) is 2.19. The topological polar surface area (TPSA) is 99.3 Å². The molecular formula is C20H24N4O3. The van der Waals surface area contributed by atoms with Gasteiger partial charge in [-0.2, -0.15) is 0 Å². The summed E-state index contributed by atoms with van der Waals surface area (Å²) in [5, 5.41) is 10.9. The standard InChI is InChI=1S/C20H24N4O3/c1-14(2)18(25)21-12-13-22-19(26)15-8-10-17(11-9-15)24-20(27)23-16-6-4-3-5-7-16/h3-11,14H,12-13H2,1-2H3,(H,21,25)(H,22,26)(H2,23,24,27). The second-order valence-electron chi connectivity index (χ2n) is 6.22. The summed E-state index contributed by atoms with van der Waals surface area (Å²) < 4.78 is 0. The summed E-state index contributed by atoms with van der Waals surface area (Å²) in [7, 11) is 0. The van der Waals surface area contributed by atoms with Gasteiger partial charge in [0.05, 0.1) is 0 Å². The SMILES string of the molecule is CC(C)C(=O)NCCNC(=O)c1ccc(NC(=O)Nc2ccccc2)cc1. The lowest BCUT2D eigenvalue weighted by molar-refractivity contribution is -0.123. The highest BCUT2D eigenvalue weighted by Crippen LogP contribution is 2.11. The van der Waals surface area contributed by atoms with Gasteiger partial charge in [0.15, 0.2) is 0 Å². The van der Waals surface area contributed by atoms with Crippen molar-refractivity contribution in [1.29, 1.82) is 0 Å². The van der Waals surface area contributed by atoms with E-state index in [1.54, 1.807) is 36.4 Å². The molecule has 0 aliphatic heterocycles. The van der Waals surface area contributed by atoms with E-state index in [1.165, 1.54) is 0 Å². The maximum atomic E-state index is 12.1. The summed E-state index contributed by atoms with van der Waals surface area (Å²) in [5.41, 5.74) is 1.74. The molecule has 0 aromatic heterocycles. The lowest BCUT2D eigenvalue weighted by Crippen LogP contribution is -2.36. The average Bonchev–Trinajstić information content (AvgIpc) is 2.66. The van der Waals surface area contributed by atoms with Gasteiger partial charge in [0, 0.05) is 35.9 Å². The van der Waals surface area contributed by atoms with Crippen molar-refractivity contribution in [2.45, 2.75) is 13.8 Å². The molecule has 0 bridgehead atoms. The molecule has 4 N–H and O–H groups in total. The fraction of sp³-hybridized carbons (Fsp3) is 0.250. The average molecular weight is 368 g/mol. The van der Waals surface area contributed by atoms with E-state index in [0.717, 1.165) is 0 Å². The molecule has 0 saturated heterocycles. The van der Waals surface area contributed by atoms with E-state index in [0.29, 0.717) is 30.0 Å². The molecule has 0 unspecified atom stereocenters. The van der Waals surface area contributed by atoms with Crippen LogP contribution in [0.5, 0.6) is 0 Å². The molecule has 0 radical (unpaired) electrons. The van der Waals surface area contributed by atoms with Crippen LogP contribution in [0.4, 0.5) is 16.2 Å². The van der Waals surface area contributed by atoms with E-state index in [4.69, 9.17) is 0 Å². The quantitative estimate of drug-likeness (QED) is 0.566. The number of urea groups is 1. The number of carbonyl (C=O) groups is 3. The Morgan fingerprint density at radius 1 is 0.778 bits per heavy atom. The molecule has 7 nitrogen and oxygen atoms in total. The Morgan fingerprint density at radius 2 is 1.33 bits per heavy atom. The van der Waals surface area contributed by atoms with Crippen molar-refractivity contribution in [2.24, 2.45) is 5.92 Å². The zero-order valence-corrected chi connectivity index (χ0v) is 15.4. The van der Waals surface area contributed by atoms with E-state index < -0.39 is 0 Å². The highest BCUT2D eigenvalue weighted by molar-refractivity contribution is 6.00. The number of amides is 4. The Balaban J connectivity index is 1.77. The van der Waals surface area contributed by atoms with Gasteiger partial charge in [0.1, 0.15) is 0 Å². The number of anilines is 2. The first-order valence-electron chi connectivity index (χ1n) is 8.74. The van der Waals surface area contributed by atoms with Crippen molar-refractivity contribution in [3.05, 3.63) is 60.2 Å². The zero-order chi connectivity index (χ0) is 19.6. The second-order valence-corrected chi connectivity index (χ2v) is 6.22. The van der Waals surface area contributed by atoms with Crippen LogP contribution in [0, 0.1) is 5.92 Å². The van der Waals surface area contributed by atoms with Crippen molar-refractivity contribution in [3.8, 4) is 0 Å². The van der Waals surface area contributed by atoms with Crippen molar-refractivity contribution in [3.63, 3.8) is 0 Å². The van der Waals surface area contributed by atoms with Crippen LogP contribution in [0.15, 0.2) is 54.6 Å². The van der Waals surface area contributed by atoms with Crippen molar-refractivity contribution >= 4 is 29.2 Å². The minimum Gasteiger partial charge on any atom is -0.354 e. The third kappa shape index (κ3) is 6.81. The summed E-state index contributed by atoms with van der Waals surface area (Å²) in [6.45, 7) is 4.34. The van der Waals surface area contributed by atoms with E-state index >= 15 is 0 Å². The van der Waals surface area contributed by atoms with Gasteiger partial charge in [-0.05, 0) is 36.4 Å². The van der Waals surface area contributed by atoms with E-state index in [2.05, 4.69) is 21.3 Å². The Hall–Kier alpha value is -3.35. The van der Waals surface area contributed by atoms with E-state index in [1.807, 2.05) is 32.0 Å². The maximum Gasteiger partial charge on any atom is 0.323 e. The molecule has 0 heterocycles. The third-order valence-electron chi connectivity index (χ3n) is 3.67. The third-order valence-corrected chi connectivity index (χ3v) is 3.67. The number of hydrogen-bond acceptors (Lipinski definition) is 3. The molecule has 0 spiro atoms. The van der Waals surface area contributed by atoms with Gasteiger partial charge in [-0.15, -0.1) is 0 Å². The van der Waals surface area contributed by atoms with Crippen LogP contribution in [0.25, 0.3) is 0 Å². The second kappa shape index (κ2) is 9.96. The molecule has 2 rings (SSSR count). The van der Waals surface area contributed by atoms with E-state index in [9.17, 15) is 14.4 Å². The zero-order valence-electron chi connectivity index (χ0n) is 15.4. The predicted molar refractivity (Wildman–Crippen MR) is 106 cm³/mol. The molecule has 0 aliphatic carbocycles. The Morgan fingerprint density at radius 3 is 1.93 bits per heavy atom. The largest absolute Gasteiger partial charge is 0.354 e. The van der Waals surface area contributed by atoms with Gasteiger partial charge in [-0.1, -0.05) is 32.0 Å². The van der Waals surface area contributed by atoms with Gasteiger partial charge in [-0.25, -0.2) is 4.79 Å². The normalized spacial score (nSPS) is 10.2. The lowest BCUT2D eigenvalue weighted by Gasteiger charge is -2.10. The molecule has 4 amide bonds. The number of carbonyl (C=O) groups excluding carboxylic acids is 3. The highest BCUT2D eigenvalue weighted by Gasteiger charge is 2.08. The molecule has 0 fully saturated rings. The summed E-state index contributed by atoms with van der Waals surface area (Å²) in [6, 6.07) is 15.3. The first-order valence-corrected chi connectivity index (χ1v) is 8.74. The summed E-state index contributed by atoms with van der Waals surface area (Å²) in [6.07, 6.45) is 0. The molecule has 0 saturated carbocycles. The first-order chi connectivity index (χ1) is 13.0. The smallest absolute Gasteiger partial charge is 0.323 e. The molecule has 142 valence electrons. The van der Waals surface area contributed by atoms with Crippen LogP contribution in [0.3, 0.4) is 0 Å². The monoisotopic (exact) mass is 368 g/mol. The Bertz CT molecular complexity index is 774. The molecule has 27 heavy (non-hydrogen) atoms. The number of benzene rings is 2. The first kappa shape index (κ1) is 20.0. The van der Waals surface area contributed by atoms with Crippen LogP contribution in [-0.4, -0.2) is 30.9 Å². The molecule has 0 atom stereocenters. The number of para-hydroxylation sites is 1. The molecule has 2 aromatic rings. The Kier molecular flexibility index (Phi) is 7.37. The summed E-state index contributed by atoms with van der Waals surface area (Å²) in [4.78, 5) is 35.5. The maximum absolute atomic E-state index is 12.1. The molecular weight excluding hydrogens is 344 g/mol. The van der Waals surface area contributed by atoms with Crippen molar-refractivity contribution in [1.82, 2.24) is 10.6 Å². The van der Waals surface area contributed by atoms with Crippen molar-refractivity contribution in [2.75, 3.05) is 23.7 Å². The number of nitrogens with one attached hydrogen (secondary N) is 4. The lowest BCUT2D eigenvalue weighted by atomic mass is 10.2. The molecule has 7 heteroatoms. The minimum absolute atomic E-state index is 0.0477. The highest BCUT2D eigenvalue weighted by atomic mass is 16.2. The van der Waals surface area contributed by atoms with Gasteiger partial charge >= 0.3 is 6.03 Å². The molecule has 2 aromatic carbocycles. The summed E-state index contributed by atoms with van der Waals surface area (Å²) >= 11 is 0. The van der Waals surface area contributed by atoms with Crippen molar-refractivity contribution < 1.29 is 14.4 Å². The Labute approximate surface area is 158 Å². The van der Waals surface area contributed by atoms with Gasteiger partial charge in [-0.3, -0.25) is 9.59 Å². The van der Waals surface area contributed by atoms with Crippen LogP contribution < -0.4 is 21.3 Å². The predicted octanol–water partition coefficient (Wildman–Crippen LogP) is 2.83. The molecule has 0 aliphatic rings. The minimum atomic E-state index is -0.362. The number of rotatable bonds is 7.